The zero-order valence-corrected chi connectivity index (χ0v) is 7.12. The van der Waals surface area contributed by atoms with Crippen LogP contribution in [0.25, 0.3) is 0 Å². The molecule has 2 heterocycles. The molecule has 1 aliphatic carbocycles. The zero-order chi connectivity index (χ0) is 8.84. The fraction of sp³-hybridized carbons (Fsp3) is 0.400. The van der Waals surface area contributed by atoms with Crippen molar-refractivity contribution in [1.82, 2.24) is 4.98 Å². The molecule has 1 fully saturated rings. The Hall–Kier alpha value is -1.38. The second-order valence-corrected chi connectivity index (χ2v) is 3.56. The third-order valence-corrected chi connectivity index (χ3v) is 2.54. The molecule has 3 rings (SSSR count). The van der Waals surface area contributed by atoms with Crippen LogP contribution in [0.15, 0.2) is 12.3 Å². The van der Waals surface area contributed by atoms with Crippen LogP contribution in [0.4, 0.5) is 0 Å². The fourth-order valence-electron chi connectivity index (χ4n) is 1.70. The minimum Gasteiger partial charge on any atom is -0.483 e. The molecule has 3 nitrogen and oxygen atoms in total. The average molecular weight is 175 g/mol. The smallest absolute Gasteiger partial charge is 0.204 e. The van der Waals surface area contributed by atoms with Gasteiger partial charge in [-0.15, -0.1) is 0 Å². The van der Waals surface area contributed by atoms with Gasteiger partial charge in [0.25, 0.3) is 0 Å². The molecule has 0 amide bonds. The van der Waals surface area contributed by atoms with Gasteiger partial charge in [0.15, 0.2) is 12.4 Å². The Morgan fingerprint density at radius 2 is 2.31 bits per heavy atom. The Labute approximate surface area is 75.7 Å². The molecule has 66 valence electrons. The van der Waals surface area contributed by atoms with Gasteiger partial charge in [0.2, 0.25) is 5.78 Å². The number of pyridine rings is 1. The number of carbonyl (C=O) groups excluding carboxylic acids is 1. The molecule has 0 saturated heterocycles. The maximum atomic E-state index is 11.3. The molecule has 13 heavy (non-hydrogen) atoms. The number of ketones is 1. The molecule has 0 N–H and O–H groups in total. The van der Waals surface area contributed by atoms with Crippen LogP contribution in [0, 0.1) is 0 Å². The van der Waals surface area contributed by atoms with Crippen molar-refractivity contribution < 1.29 is 9.53 Å². The molecular weight excluding hydrogens is 166 g/mol. The van der Waals surface area contributed by atoms with Crippen LogP contribution in [0.2, 0.25) is 0 Å². The van der Waals surface area contributed by atoms with Gasteiger partial charge in [0.1, 0.15) is 0 Å². The summed E-state index contributed by atoms with van der Waals surface area (Å²) in [6.45, 7) is 0.195. The third-order valence-electron chi connectivity index (χ3n) is 2.54. The first-order valence-electron chi connectivity index (χ1n) is 4.51. The molecule has 0 unspecified atom stereocenters. The van der Waals surface area contributed by atoms with Gasteiger partial charge in [-0.2, -0.15) is 0 Å². The molecule has 0 radical (unpaired) electrons. The minimum absolute atomic E-state index is 0.0827. The van der Waals surface area contributed by atoms with Crippen LogP contribution in [0.3, 0.4) is 0 Å². The first kappa shape index (κ1) is 7.06. The summed E-state index contributed by atoms with van der Waals surface area (Å²) < 4.78 is 5.33. The summed E-state index contributed by atoms with van der Waals surface area (Å²) in [6.07, 6.45) is 4.07. The first-order valence-corrected chi connectivity index (χ1v) is 4.51. The van der Waals surface area contributed by atoms with Gasteiger partial charge >= 0.3 is 0 Å². The van der Waals surface area contributed by atoms with E-state index in [1.807, 2.05) is 0 Å². The van der Waals surface area contributed by atoms with Crippen molar-refractivity contribution in [2.75, 3.05) is 6.61 Å². The zero-order valence-electron chi connectivity index (χ0n) is 7.12. The van der Waals surface area contributed by atoms with Crippen molar-refractivity contribution in [2.24, 2.45) is 0 Å². The molecule has 1 saturated carbocycles. The molecule has 2 aliphatic rings. The normalized spacial score (nSPS) is 19.8. The second kappa shape index (κ2) is 2.31. The number of carbonyl (C=O) groups is 1. The lowest BCUT2D eigenvalue weighted by molar-refractivity contribution is 0.0961. The van der Waals surface area contributed by atoms with Gasteiger partial charge in [-0.1, -0.05) is 0 Å². The van der Waals surface area contributed by atoms with Gasteiger partial charge in [0, 0.05) is 12.1 Å². The van der Waals surface area contributed by atoms with E-state index in [4.69, 9.17) is 4.74 Å². The molecule has 3 heteroatoms. The summed E-state index contributed by atoms with van der Waals surface area (Å²) in [5.41, 5.74) is 1.71. The minimum atomic E-state index is 0.0827. The molecule has 0 spiro atoms. The molecule has 1 aliphatic heterocycles. The van der Waals surface area contributed by atoms with Gasteiger partial charge < -0.3 is 4.74 Å². The van der Waals surface area contributed by atoms with Crippen LogP contribution >= 0.6 is 0 Å². The Bertz CT molecular complexity index is 383. The highest BCUT2D eigenvalue weighted by Gasteiger charge is 2.33. The Morgan fingerprint density at radius 3 is 3.08 bits per heavy atom. The number of nitrogens with zero attached hydrogens (tertiary/aromatic N) is 1. The lowest BCUT2D eigenvalue weighted by Gasteiger charge is -2.02. The van der Waals surface area contributed by atoms with Gasteiger partial charge in [0.05, 0.1) is 11.3 Å². The Balaban J connectivity index is 2.17. The van der Waals surface area contributed by atoms with E-state index >= 15 is 0 Å². The molecule has 0 aromatic carbocycles. The van der Waals surface area contributed by atoms with Crippen LogP contribution in [0.1, 0.15) is 34.8 Å². The van der Waals surface area contributed by atoms with Crippen molar-refractivity contribution in [2.45, 2.75) is 18.8 Å². The second-order valence-electron chi connectivity index (χ2n) is 3.56. The van der Waals surface area contributed by atoms with Crippen molar-refractivity contribution >= 4 is 5.78 Å². The summed E-state index contributed by atoms with van der Waals surface area (Å²) in [5, 5.41) is 0. The third kappa shape index (κ3) is 0.963. The van der Waals surface area contributed by atoms with E-state index in [0.717, 1.165) is 17.0 Å². The summed E-state index contributed by atoms with van der Waals surface area (Å²) in [5.74, 6) is 1.37. The van der Waals surface area contributed by atoms with E-state index in [-0.39, 0.29) is 12.4 Å². The molecule has 1 aromatic rings. The number of ether oxygens (including phenoxy) is 1. The number of fused-ring (bicyclic) bond motifs is 1. The average Bonchev–Trinajstić information content (AvgIpc) is 2.92. The largest absolute Gasteiger partial charge is 0.483 e. The predicted octanol–water partition coefficient (Wildman–Crippen LogP) is 1.53. The number of hydrogen-bond donors (Lipinski definition) is 0. The Morgan fingerprint density at radius 1 is 1.46 bits per heavy atom. The number of aromatic nitrogens is 1. The molecular formula is C10H9NO2. The van der Waals surface area contributed by atoms with Crippen LogP contribution in [-0.4, -0.2) is 17.4 Å². The molecule has 1 aromatic heterocycles. The molecule has 0 atom stereocenters. The monoisotopic (exact) mass is 175 g/mol. The van der Waals surface area contributed by atoms with E-state index in [9.17, 15) is 4.79 Å². The van der Waals surface area contributed by atoms with Crippen molar-refractivity contribution in [1.29, 1.82) is 0 Å². The summed E-state index contributed by atoms with van der Waals surface area (Å²) in [7, 11) is 0. The standard InChI is InChI=1S/C10H9NO2/c12-8-5-13-10-7(8)3-4-11-9(10)6-1-2-6/h3-4,6H,1-2,5H2. The maximum Gasteiger partial charge on any atom is 0.204 e. The Kier molecular flexibility index (Phi) is 1.26. The van der Waals surface area contributed by atoms with E-state index < -0.39 is 0 Å². The highest BCUT2D eigenvalue weighted by atomic mass is 16.5. The quantitative estimate of drug-likeness (QED) is 0.649. The van der Waals surface area contributed by atoms with Crippen molar-refractivity contribution in [3.8, 4) is 5.75 Å². The first-order chi connectivity index (χ1) is 6.36. The van der Waals surface area contributed by atoms with Gasteiger partial charge in [-0.05, 0) is 18.9 Å². The summed E-state index contributed by atoms with van der Waals surface area (Å²) >= 11 is 0. The fourth-order valence-corrected chi connectivity index (χ4v) is 1.70. The number of hydrogen-bond acceptors (Lipinski definition) is 3. The van der Waals surface area contributed by atoms with Crippen molar-refractivity contribution in [3.05, 3.63) is 23.5 Å². The van der Waals surface area contributed by atoms with E-state index in [1.54, 1.807) is 12.3 Å². The van der Waals surface area contributed by atoms with Gasteiger partial charge in [-0.25, -0.2) is 0 Å². The highest BCUT2D eigenvalue weighted by Crippen LogP contribution is 2.45. The van der Waals surface area contributed by atoms with Crippen molar-refractivity contribution in [3.63, 3.8) is 0 Å². The van der Waals surface area contributed by atoms with Crippen LogP contribution < -0.4 is 4.74 Å². The maximum absolute atomic E-state index is 11.3. The van der Waals surface area contributed by atoms with E-state index in [2.05, 4.69) is 4.98 Å². The highest BCUT2D eigenvalue weighted by molar-refractivity contribution is 6.02. The summed E-state index contributed by atoms with van der Waals surface area (Å²) in [6, 6.07) is 1.75. The number of Topliss-reactive ketones (excluding diaryl/α,β-unsaturated/α-hetero) is 1. The van der Waals surface area contributed by atoms with E-state index in [0.29, 0.717) is 5.92 Å². The molecule has 0 bridgehead atoms. The lowest BCUT2D eigenvalue weighted by atomic mass is 10.1. The predicted molar refractivity (Wildman–Crippen MR) is 46.0 cm³/mol. The van der Waals surface area contributed by atoms with E-state index in [1.165, 1.54) is 12.8 Å². The number of rotatable bonds is 1. The van der Waals surface area contributed by atoms with Crippen LogP contribution in [0.5, 0.6) is 5.75 Å². The summed E-state index contributed by atoms with van der Waals surface area (Å²) in [4.78, 5) is 15.6. The lowest BCUT2D eigenvalue weighted by Crippen LogP contribution is -1.98. The van der Waals surface area contributed by atoms with Gasteiger partial charge in [-0.3, -0.25) is 9.78 Å². The SMILES string of the molecule is O=C1COc2c1ccnc2C1CC1. The van der Waals surface area contributed by atoms with Crippen LogP contribution in [-0.2, 0) is 0 Å². The topological polar surface area (TPSA) is 39.2 Å².